The van der Waals surface area contributed by atoms with Crippen LogP contribution in [-0.4, -0.2) is 36.9 Å². The van der Waals surface area contributed by atoms with E-state index >= 15 is 0 Å². The van der Waals surface area contributed by atoms with Gasteiger partial charge in [-0.3, -0.25) is 19.3 Å². The first kappa shape index (κ1) is 25.8. The van der Waals surface area contributed by atoms with Crippen LogP contribution in [0.1, 0.15) is 49.2 Å². The van der Waals surface area contributed by atoms with Crippen molar-refractivity contribution in [1.82, 2.24) is 19.5 Å². The van der Waals surface area contributed by atoms with Crippen molar-refractivity contribution in [2.75, 3.05) is 6.54 Å². The predicted molar refractivity (Wildman–Crippen MR) is 139 cm³/mol. The first-order chi connectivity index (χ1) is 17.0. The summed E-state index contributed by atoms with van der Waals surface area (Å²) in [6.07, 6.45) is 4.65. The fourth-order valence-electron chi connectivity index (χ4n) is 3.83. The third kappa shape index (κ3) is 5.29. The molecule has 8 nitrogen and oxygen atoms in total. The van der Waals surface area contributed by atoms with Crippen LogP contribution in [0.25, 0.3) is 5.70 Å². The number of pyridine rings is 2. The molecule has 0 bridgehead atoms. The minimum Gasteiger partial charge on any atom is -0.486 e. The van der Waals surface area contributed by atoms with Gasteiger partial charge in [0.1, 0.15) is 28.2 Å². The maximum absolute atomic E-state index is 13.4. The van der Waals surface area contributed by atoms with Gasteiger partial charge in [-0.25, -0.2) is 14.4 Å². The molecule has 1 atom stereocenters. The SMILES string of the molecule is Cc1cnc(C(C)(C)O)nc1C1=NC[C@@H](C)C(n2c(C)cc(OCc3ccc(F)cn3)c(Br)c2=O)=C1. The van der Waals surface area contributed by atoms with Gasteiger partial charge in [-0.2, -0.15) is 0 Å². The highest BCUT2D eigenvalue weighted by Crippen LogP contribution is 2.29. The minimum absolute atomic E-state index is 0.0249. The van der Waals surface area contributed by atoms with Crippen LogP contribution in [0.15, 0.2) is 50.9 Å². The quantitative estimate of drug-likeness (QED) is 0.485. The van der Waals surface area contributed by atoms with Crippen molar-refractivity contribution in [3.63, 3.8) is 0 Å². The number of allylic oxidation sites excluding steroid dienone is 1. The number of hydrogen-bond donors (Lipinski definition) is 1. The molecule has 0 saturated heterocycles. The third-order valence-corrected chi connectivity index (χ3v) is 6.54. The molecule has 0 saturated carbocycles. The molecule has 0 aliphatic carbocycles. The molecule has 1 aliphatic heterocycles. The van der Waals surface area contributed by atoms with E-state index in [4.69, 9.17) is 9.73 Å². The second-order valence-electron chi connectivity index (χ2n) is 9.34. The van der Waals surface area contributed by atoms with Gasteiger partial charge in [-0.1, -0.05) is 6.92 Å². The molecule has 0 fully saturated rings. The van der Waals surface area contributed by atoms with Crippen molar-refractivity contribution < 1.29 is 14.2 Å². The fraction of sp³-hybridized carbons (Fsp3) is 0.346. The van der Waals surface area contributed by atoms with Gasteiger partial charge in [0.05, 0.1) is 23.3 Å². The lowest BCUT2D eigenvalue weighted by atomic mass is 9.99. The summed E-state index contributed by atoms with van der Waals surface area (Å²) in [5.74, 6) is 0.222. The van der Waals surface area contributed by atoms with Gasteiger partial charge >= 0.3 is 0 Å². The molecule has 10 heteroatoms. The first-order valence-corrected chi connectivity index (χ1v) is 12.2. The van der Waals surface area contributed by atoms with E-state index in [-0.39, 0.29) is 22.6 Å². The highest BCUT2D eigenvalue weighted by molar-refractivity contribution is 9.10. The number of aromatic nitrogens is 4. The van der Waals surface area contributed by atoms with E-state index in [0.717, 1.165) is 17.5 Å². The maximum Gasteiger partial charge on any atom is 0.273 e. The Labute approximate surface area is 216 Å². The largest absolute Gasteiger partial charge is 0.486 e. The number of aliphatic imine (C=N–C) groups is 1. The van der Waals surface area contributed by atoms with Crippen molar-refractivity contribution in [3.8, 4) is 5.75 Å². The van der Waals surface area contributed by atoms with Crippen LogP contribution in [0.5, 0.6) is 5.75 Å². The highest BCUT2D eigenvalue weighted by atomic mass is 79.9. The lowest BCUT2D eigenvalue weighted by Crippen LogP contribution is -2.29. The molecular weight excluding hydrogens is 529 g/mol. The van der Waals surface area contributed by atoms with Gasteiger partial charge in [0.15, 0.2) is 5.82 Å². The Balaban J connectivity index is 1.70. The second-order valence-corrected chi connectivity index (χ2v) is 10.1. The Morgan fingerprint density at radius 3 is 2.67 bits per heavy atom. The molecule has 0 aromatic carbocycles. The molecule has 36 heavy (non-hydrogen) atoms. The van der Waals surface area contributed by atoms with Crippen LogP contribution >= 0.6 is 15.9 Å². The van der Waals surface area contributed by atoms with Gasteiger partial charge in [0, 0.05) is 36.1 Å². The molecule has 1 aliphatic rings. The number of nitrogens with zero attached hydrogens (tertiary/aromatic N) is 5. The van der Waals surface area contributed by atoms with Crippen molar-refractivity contribution >= 4 is 27.3 Å². The van der Waals surface area contributed by atoms with Crippen molar-refractivity contribution in [1.29, 1.82) is 0 Å². The average molecular weight is 556 g/mol. The maximum atomic E-state index is 13.4. The number of aryl methyl sites for hydroxylation is 2. The Morgan fingerprint density at radius 2 is 2.00 bits per heavy atom. The number of hydrogen-bond acceptors (Lipinski definition) is 7. The van der Waals surface area contributed by atoms with Gasteiger partial charge in [0.25, 0.3) is 5.56 Å². The van der Waals surface area contributed by atoms with Crippen molar-refractivity contribution in [2.45, 2.75) is 46.8 Å². The van der Waals surface area contributed by atoms with E-state index in [1.807, 2.05) is 26.8 Å². The number of ether oxygens (including phenoxy) is 1. The van der Waals surface area contributed by atoms with E-state index < -0.39 is 11.4 Å². The van der Waals surface area contributed by atoms with E-state index in [1.54, 1.807) is 30.7 Å². The number of dihydropyridines is 1. The average Bonchev–Trinajstić information content (AvgIpc) is 2.82. The van der Waals surface area contributed by atoms with Crippen molar-refractivity contribution in [2.24, 2.45) is 10.9 Å². The van der Waals surface area contributed by atoms with Gasteiger partial charge in [0.2, 0.25) is 0 Å². The van der Waals surface area contributed by atoms with Gasteiger partial charge < -0.3 is 9.84 Å². The van der Waals surface area contributed by atoms with Crippen LogP contribution in [-0.2, 0) is 12.2 Å². The zero-order valence-corrected chi connectivity index (χ0v) is 22.3. The topological polar surface area (TPSA) is 102 Å². The van der Waals surface area contributed by atoms with Crippen LogP contribution in [0, 0.1) is 25.6 Å². The summed E-state index contributed by atoms with van der Waals surface area (Å²) in [6, 6.07) is 4.62. The van der Waals surface area contributed by atoms with E-state index in [9.17, 15) is 14.3 Å². The standard InChI is InChI=1S/C26H27BrFN5O3/c1-14-10-30-19(23-15(2)11-31-25(32-23)26(4,5)35)9-20(14)33-16(3)8-21(22(27)24(33)34)36-13-18-7-6-17(28)12-29-18/h6-9,11-12,14,35H,10,13H2,1-5H3/t14-/m1/s1. The van der Waals surface area contributed by atoms with Gasteiger partial charge in [-0.05, 0) is 67.4 Å². The van der Waals surface area contributed by atoms with Crippen LogP contribution in [0.3, 0.4) is 0 Å². The molecule has 3 aromatic heterocycles. The lowest BCUT2D eigenvalue weighted by molar-refractivity contribution is 0.0686. The predicted octanol–water partition coefficient (Wildman–Crippen LogP) is 4.34. The summed E-state index contributed by atoms with van der Waals surface area (Å²) in [5, 5.41) is 10.4. The Hall–Kier alpha value is -3.24. The molecule has 0 amide bonds. The van der Waals surface area contributed by atoms with E-state index in [0.29, 0.717) is 40.9 Å². The monoisotopic (exact) mass is 555 g/mol. The van der Waals surface area contributed by atoms with E-state index in [1.165, 1.54) is 12.1 Å². The highest BCUT2D eigenvalue weighted by Gasteiger charge is 2.25. The van der Waals surface area contributed by atoms with Crippen LogP contribution < -0.4 is 10.3 Å². The second kappa shape index (κ2) is 10.0. The summed E-state index contributed by atoms with van der Waals surface area (Å²) in [7, 11) is 0. The summed E-state index contributed by atoms with van der Waals surface area (Å²) >= 11 is 3.40. The Bertz CT molecular complexity index is 1430. The molecule has 4 rings (SSSR count). The molecule has 0 unspecified atom stereocenters. The Morgan fingerprint density at radius 1 is 1.25 bits per heavy atom. The molecule has 3 aromatic rings. The number of halogens is 2. The molecule has 1 N–H and O–H groups in total. The summed E-state index contributed by atoms with van der Waals surface area (Å²) in [6.45, 7) is 9.54. The van der Waals surface area contributed by atoms with Crippen LogP contribution in [0.4, 0.5) is 4.39 Å². The van der Waals surface area contributed by atoms with Gasteiger partial charge in [-0.15, -0.1) is 0 Å². The molecule has 0 spiro atoms. The number of aliphatic hydroxyl groups is 1. The van der Waals surface area contributed by atoms with Crippen LogP contribution in [0.2, 0.25) is 0 Å². The third-order valence-electron chi connectivity index (χ3n) is 5.81. The molecule has 188 valence electrons. The lowest BCUT2D eigenvalue weighted by Gasteiger charge is -2.25. The zero-order valence-electron chi connectivity index (χ0n) is 20.7. The summed E-state index contributed by atoms with van der Waals surface area (Å²) in [4.78, 5) is 30.9. The normalized spacial score (nSPS) is 15.9. The zero-order chi connectivity index (χ0) is 26.2. The smallest absolute Gasteiger partial charge is 0.273 e. The summed E-state index contributed by atoms with van der Waals surface area (Å²) < 4.78 is 20.8. The fourth-order valence-corrected chi connectivity index (χ4v) is 4.24. The minimum atomic E-state index is -1.20. The summed E-state index contributed by atoms with van der Waals surface area (Å²) in [5.41, 5.74) is 2.58. The Kier molecular flexibility index (Phi) is 7.19. The molecule has 4 heterocycles. The van der Waals surface area contributed by atoms with Crippen molar-refractivity contribution in [3.05, 3.63) is 85.8 Å². The van der Waals surface area contributed by atoms with E-state index in [2.05, 4.69) is 30.9 Å². The number of rotatable bonds is 6. The molecular formula is C26H27BrFN5O3. The first-order valence-electron chi connectivity index (χ1n) is 11.4. The molecule has 0 radical (unpaired) electrons.